The Bertz CT molecular complexity index is 1350. The number of hydrogen-bond acceptors (Lipinski definition) is 5. The van der Waals surface area contributed by atoms with Gasteiger partial charge in [0.1, 0.15) is 11.6 Å². The minimum absolute atomic E-state index is 0.00853. The van der Waals surface area contributed by atoms with E-state index in [1.165, 1.54) is 44.6 Å². The van der Waals surface area contributed by atoms with Gasteiger partial charge in [0, 0.05) is 11.3 Å². The molecular weight excluding hydrogens is 482 g/mol. The van der Waals surface area contributed by atoms with Crippen LogP contribution in [0, 0.1) is 5.82 Å². The molecule has 3 aromatic rings. The normalized spacial score (nSPS) is 17.4. The van der Waals surface area contributed by atoms with E-state index in [-0.39, 0.29) is 28.1 Å². The summed E-state index contributed by atoms with van der Waals surface area (Å²) in [5.74, 6) is -2.64. The number of benzene rings is 3. The number of Topliss-reactive ketones (excluding diaryl/α,β-unsaturated/α-hetero) is 1. The standard InChI is InChI=1S/C26H19F4NO5/c1-35-19-12-5-15(13-20(19)36-2)23(32)21-22(14-3-8-17(27)9-4-14)31(25(34)24(21)33)18-10-6-16(7-11-18)26(28,29)30/h3-13,22,32H,1-2H3/b23-21-. The first kappa shape index (κ1) is 24.8. The molecule has 0 radical (unpaired) electrons. The first-order chi connectivity index (χ1) is 17.1. The van der Waals surface area contributed by atoms with E-state index < -0.39 is 41.0 Å². The van der Waals surface area contributed by atoms with E-state index in [0.717, 1.165) is 41.3 Å². The Morgan fingerprint density at radius 1 is 0.889 bits per heavy atom. The van der Waals surface area contributed by atoms with E-state index in [0.29, 0.717) is 5.75 Å². The zero-order valence-corrected chi connectivity index (χ0v) is 19.0. The molecule has 1 unspecified atom stereocenters. The van der Waals surface area contributed by atoms with Crippen molar-refractivity contribution < 1.29 is 41.7 Å². The molecule has 10 heteroatoms. The largest absolute Gasteiger partial charge is 0.507 e. The minimum Gasteiger partial charge on any atom is -0.507 e. The number of ketones is 1. The van der Waals surface area contributed by atoms with Crippen LogP contribution in [0.3, 0.4) is 0 Å². The molecule has 6 nitrogen and oxygen atoms in total. The summed E-state index contributed by atoms with van der Waals surface area (Å²) in [6, 6.07) is 11.7. The van der Waals surface area contributed by atoms with Gasteiger partial charge in [-0.1, -0.05) is 12.1 Å². The van der Waals surface area contributed by atoms with Crippen molar-refractivity contribution in [2.75, 3.05) is 19.1 Å². The van der Waals surface area contributed by atoms with Crippen LogP contribution < -0.4 is 14.4 Å². The Morgan fingerprint density at radius 2 is 1.50 bits per heavy atom. The maximum atomic E-state index is 13.6. The second kappa shape index (κ2) is 9.37. The molecule has 36 heavy (non-hydrogen) atoms. The molecule has 1 heterocycles. The molecule has 3 aromatic carbocycles. The SMILES string of the molecule is COc1ccc(/C(O)=C2/C(=O)C(=O)N(c3ccc(C(F)(F)F)cc3)C2c2ccc(F)cc2)cc1OC. The molecule has 0 aliphatic carbocycles. The number of rotatable bonds is 5. The third-order valence-electron chi connectivity index (χ3n) is 5.76. The summed E-state index contributed by atoms with van der Waals surface area (Å²) in [5, 5.41) is 11.2. The van der Waals surface area contributed by atoms with Gasteiger partial charge in [0.25, 0.3) is 11.7 Å². The van der Waals surface area contributed by atoms with Crippen LogP contribution in [0.15, 0.2) is 72.3 Å². The number of halogens is 4. The Labute approximate surface area is 203 Å². The first-order valence-corrected chi connectivity index (χ1v) is 10.5. The third-order valence-corrected chi connectivity index (χ3v) is 5.76. The van der Waals surface area contributed by atoms with Crippen LogP contribution in [0.25, 0.3) is 5.76 Å². The molecule has 1 atom stereocenters. The zero-order chi connectivity index (χ0) is 26.2. The van der Waals surface area contributed by atoms with Gasteiger partial charge in [-0.2, -0.15) is 13.2 Å². The van der Waals surface area contributed by atoms with Crippen molar-refractivity contribution in [2.45, 2.75) is 12.2 Å². The number of ether oxygens (including phenoxy) is 2. The van der Waals surface area contributed by atoms with E-state index in [2.05, 4.69) is 0 Å². The smallest absolute Gasteiger partial charge is 0.416 e. The second-order valence-electron chi connectivity index (χ2n) is 7.84. The monoisotopic (exact) mass is 501 g/mol. The summed E-state index contributed by atoms with van der Waals surface area (Å²) < 4.78 is 63.2. The number of amides is 1. The lowest BCUT2D eigenvalue weighted by molar-refractivity contribution is -0.137. The molecular formula is C26H19F4NO5. The lowest BCUT2D eigenvalue weighted by Gasteiger charge is -2.25. The van der Waals surface area contributed by atoms with Crippen molar-refractivity contribution in [1.29, 1.82) is 0 Å². The first-order valence-electron chi connectivity index (χ1n) is 10.5. The third kappa shape index (κ3) is 4.37. The van der Waals surface area contributed by atoms with Gasteiger partial charge in [0.15, 0.2) is 11.5 Å². The fourth-order valence-electron chi connectivity index (χ4n) is 4.01. The molecule has 0 saturated carbocycles. The molecule has 1 aliphatic rings. The number of carbonyl (C=O) groups excluding carboxylic acids is 2. The number of hydrogen-bond donors (Lipinski definition) is 1. The van der Waals surface area contributed by atoms with Gasteiger partial charge in [-0.25, -0.2) is 4.39 Å². The Morgan fingerprint density at radius 3 is 2.06 bits per heavy atom. The van der Waals surface area contributed by atoms with Crippen LogP contribution >= 0.6 is 0 Å². The minimum atomic E-state index is -4.60. The zero-order valence-electron chi connectivity index (χ0n) is 19.0. The van der Waals surface area contributed by atoms with Crippen LogP contribution in [0.5, 0.6) is 11.5 Å². The van der Waals surface area contributed by atoms with Crippen molar-refractivity contribution in [3.05, 3.63) is 94.8 Å². The Balaban J connectivity index is 1.90. The van der Waals surface area contributed by atoms with Gasteiger partial charge in [-0.05, 0) is 60.2 Å². The second-order valence-corrected chi connectivity index (χ2v) is 7.84. The summed E-state index contributed by atoms with van der Waals surface area (Å²) in [5.41, 5.74) is -0.876. The molecule has 4 rings (SSSR count). The molecule has 186 valence electrons. The molecule has 0 spiro atoms. The highest BCUT2D eigenvalue weighted by Crippen LogP contribution is 2.43. The van der Waals surface area contributed by atoms with E-state index in [4.69, 9.17) is 9.47 Å². The number of alkyl halides is 3. The maximum absolute atomic E-state index is 13.6. The van der Waals surface area contributed by atoms with E-state index in [1.807, 2.05) is 0 Å². The average molecular weight is 501 g/mol. The lowest BCUT2D eigenvalue weighted by Crippen LogP contribution is -2.29. The van der Waals surface area contributed by atoms with E-state index in [1.54, 1.807) is 0 Å². The predicted molar refractivity (Wildman–Crippen MR) is 122 cm³/mol. The van der Waals surface area contributed by atoms with E-state index in [9.17, 15) is 32.3 Å². The lowest BCUT2D eigenvalue weighted by atomic mass is 9.95. The highest BCUT2D eigenvalue weighted by Gasteiger charge is 2.47. The average Bonchev–Trinajstić information content (AvgIpc) is 3.13. The highest BCUT2D eigenvalue weighted by atomic mass is 19.4. The van der Waals surface area contributed by atoms with Crippen molar-refractivity contribution in [2.24, 2.45) is 0 Å². The summed E-state index contributed by atoms with van der Waals surface area (Å²) >= 11 is 0. The van der Waals surface area contributed by atoms with Crippen LogP contribution in [0.1, 0.15) is 22.7 Å². The number of aliphatic hydroxyl groups excluding tert-OH is 1. The molecule has 1 fully saturated rings. The van der Waals surface area contributed by atoms with Crippen molar-refractivity contribution >= 4 is 23.1 Å². The van der Waals surface area contributed by atoms with Gasteiger partial charge in [-0.3, -0.25) is 14.5 Å². The van der Waals surface area contributed by atoms with Crippen LogP contribution in [0.2, 0.25) is 0 Å². The highest BCUT2D eigenvalue weighted by molar-refractivity contribution is 6.51. The van der Waals surface area contributed by atoms with E-state index >= 15 is 0 Å². The maximum Gasteiger partial charge on any atom is 0.416 e. The molecule has 1 aliphatic heterocycles. The van der Waals surface area contributed by atoms with Crippen LogP contribution in [-0.4, -0.2) is 31.0 Å². The van der Waals surface area contributed by atoms with Gasteiger partial charge in [0.2, 0.25) is 0 Å². The molecule has 1 N–H and O–H groups in total. The molecule has 0 bridgehead atoms. The Hall–Kier alpha value is -4.34. The number of anilines is 1. The fourth-order valence-corrected chi connectivity index (χ4v) is 4.01. The summed E-state index contributed by atoms with van der Waals surface area (Å²) in [4.78, 5) is 27.2. The van der Waals surface area contributed by atoms with Gasteiger partial charge in [-0.15, -0.1) is 0 Å². The number of nitrogens with zero attached hydrogens (tertiary/aromatic N) is 1. The van der Waals surface area contributed by atoms with Gasteiger partial charge >= 0.3 is 6.18 Å². The summed E-state index contributed by atoms with van der Waals surface area (Å²) in [6.07, 6.45) is -4.60. The summed E-state index contributed by atoms with van der Waals surface area (Å²) in [6.45, 7) is 0. The molecule has 0 aromatic heterocycles. The van der Waals surface area contributed by atoms with Crippen molar-refractivity contribution in [3.63, 3.8) is 0 Å². The fraction of sp³-hybridized carbons (Fsp3) is 0.154. The van der Waals surface area contributed by atoms with Gasteiger partial charge in [0.05, 0.1) is 31.4 Å². The van der Waals surface area contributed by atoms with Crippen LogP contribution in [0.4, 0.5) is 23.2 Å². The van der Waals surface area contributed by atoms with Crippen molar-refractivity contribution in [3.8, 4) is 11.5 Å². The summed E-state index contributed by atoms with van der Waals surface area (Å²) in [7, 11) is 2.80. The number of carbonyl (C=O) groups is 2. The van der Waals surface area contributed by atoms with Gasteiger partial charge < -0.3 is 14.6 Å². The number of methoxy groups -OCH3 is 2. The topological polar surface area (TPSA) is 76.1 Å². The Kier molecular flexibility index (Phi) is 6.45. The molecule has 1 amide bonds. The predicted octanol–water partition coefficient (Wildman–Crippen LogP) is 5.49. The van der Waals surface area contributed by atoms with Crippen LogP contribution in [-0.2, 0) is 15.8 Å². The quantitative estimate of drug-likeness (QED) is 0.217. The molecule has 1 saturated heterocycles. The van der Waals surface area contributed by atoms with Crippen molar-refractivity contribution in [1.82, 2.24) is 0 Å². The number of aliphatic hydroxyl groups is 1.